The van der Waals surface area contributed by atoms with Crippen LogP contribution in [0.2, 0.25) is 0 Å². The molecule has 0 aromatic rings. The van der Waals surface area contributed by atoms with Crippen molar-refractivity contribution < 1.29 is 28.6 Å². The molecule has 414 valence electrons. The summed E-state index contributed by atoms with van der Waals surface area (Å²) in [4.78, 5) is 38.2. The third-order valence-electron chi connectivity index (χ3n) is 12.4. The lowest BCUT2D eigenvalue weighted by atomic mass is 10.1. The minimum Gasteiger partial charge on any atom is -0.462 e. The lowest BCUT2D eigenvalue weighted by molar-refractivity contribution is -0.167. The van der Waals surface area contributed by atoms with Crippen molar-refractivity contribution in [2.75, 3.05) is 13.2 Å². The Hall–Kier alpha value is -4.19. The highest BCUT2D eigenvalue weighted by atomic mass is 16.6. The summed E-state index contributed by atoms with van der Waals surface area (Å²) < 4.78 is 16.8. The fraction of sp³-hybridized carbons (Fsp3) is 0.657. The number of carbonyl (C=O) groups is 3. The van der Waals surface area contributed by atoms with Gasteiger partial charge in [0.2, 0.25) is 0 Å². The molecule has 0 aliphatic heterocycles. The molecule has 0 N–H and O–H groups in total. The van der Waals surface area contributed by atoms with Gasteiger partial charge in [0.1, 0.15) is 13.2 Å². The molecule has 0 aromatic carbocycles. The standard InChI is InChI=1S/C67H110O6/c1-4-7-10-13-16-19-22-25-28-31-33-36-38-41-44-47-50-53-56-59-65(68)71-62-64(73-67(70)61-58-55-52-49-46-43-40-35-30-27-24-21-18-15-12-9-6-3)63-72-66(69)60-57-54-51-48-45-42-39-37-34-32-29-26-23-20-17-14-11-8-5-2/h16-21,25-30,33,36,40-41,43-44,49,52,64H,4-15,22-24,31-32,34-35,37-39,42,45-48,50-51,53-63H2,1-3H3/b19-16-,20-17-,21-18-,28-25-,29-26-,30-27-,36-33-,43-40-,44-41-,52-49-/t64-/m1/s1. The van der Waals surface area contributed by atoms with Crippen LogP contribution in [-0.2, 0) is 28.6 Å². The van der Waals surface area contributed by atoms with Crippen LogP contribution in [0.25, 0.3) is 0 Å². The van der Waals surface area contributed by atoms with Crippen molar-refractivity contribution in [2.24, 2.45) is 0 Å². The highest BCUT2D eigenvalue weighted by Gasteiger charge is 2.19. The second kappa shape index (κ2) is 60.4. The molecular weight excluding hydrogens is 901 g/mol. The van der Waals surface area contributed by atoms with E-state index in [2.05, 4.69) is 142 Å². The highest BCUT2D eigenvalue weighted by Crippen LogP contribution is 2.14. The van der Waals surface area contributed by atoms with Crippen LogP contribution in [0, 0.1) is 0 Å². The maximum absolute atomic E-state index is 12.9. The molecule has 0 aliphatic rings. The summed E-state index contributed by atoms with van der Waals surface area (Å²) in [6.07, 6.45) is 83.3. The third kappa shape index (κ3) is 58.6. The van der Waals surface area contributed by atoms with E-state index in [1.165, 1.54) is 122 Å². The first-order valence-corrected chi connectivity index (χ1v) is 30.0. The van der Waals surface area contributed by atoms with Gasteiger partial charge in [0.15, 0.2) is 6.10 Å². The minimum atomic E-state index is -0.826. The maximum atomic E-state index is 12.9. The largest absolute Gasteiger partial charge is 0.462 e. The fourth-order valence-corrected chi connectivity index (χ4v) is 7.86. The molecule has 73 heavy (non-hydrogen) atoms. The minimum absolute atomic E-state index is 0.115. The predicted octanol–water partition coefficient (Wildman–Crippen LogP) is 20.4. The van der Waals surface area contributed by atoms with Crippen molar-refractivity contribution in [3.63, 3.8) is 0 Å². The molecule has 0 fully saturated rings. The number of carbonyl (C=O) groups excluding carboxylic acids is 3. The molecule has 6 nitrogen and oxygen atoms in total. The topological polar surface area (TPSA) is 78.9 Å². The van der Waals surface area contributed by atoms with Crippen molar-refractivity contribution in [3.8, 4) is 0 Å². The predicted molar refractivity (Wildman–Crippen MR) is 316 cm³/mol. The summed E-state index contributed by atoms with van der Waals surface area (Å²) in [7, 11) is 0. The van der Waals surface area contributed by atoms with E-state index in [0.717, 1.165) is 96.3 Å². The second-order valence-corrected chi connectivity index (χ2v) is 19.5. The van der Waals surface area contributed by atoms with E-state index in [4.69, 9.17) is 14.2 Å². The number of hydrogen-bond acceptors (Lipinski definition) is 6. The van der Waals surface area contributed by atoms with Crippen LogP contribution < -0.4 is 0 Å². The van der Waals surface area contributed by atoms with E-state index in [9.17, 15) is 14.4 Å². The number of rotatable bonds is 53. The molecule has 0 unspecified atom stereocenters. The maximum Gasteiger partial charge on any atom is 0.306 e. The molecule has 0 amide bonds. The normalized spacial score (nSPS) is 13.0. The van der Waals surface area contributed by atoms with Gasteiger partial charge in [-0.25, -0.2) is 0 Å². The number of hydrogen-bond donors (Lipinski definition) is 0. The summed E-state index contributed by atoms with van der Waals surface area (Å²) in [6, 6.07) is 0. The third-order valence-corrected chi connectivity index (χ3v) is 12.4. The second-order valence-electron chi connectivity index (χ2n) is 19.5. The molecule has 0 rings (SSSR count). The smallest absolute Gasteiger partial charge is 0.306 e. The van der Waals surface area contributed by atoms with Gasteiger partial charge in [-0.1, -0.05) is 232 Å². The molecule has 0 heterocycles. The highest BCUT2D eigenvalue weighted by molar-refractivity contribution is 5.71. The molecule has 0 bridgehead atoms. The summed E-state index contributed by atoms with van der Waals surface area (Å²) in [5, 5.41) is 0. The van der Waals surface area contributed by atoms with Crippen LogP contribution in [-0.4, -0.2) is 37.2 Å². The molecule has 0 radical (unpaired) electrons. The molecule has 0 spiro atoms. The Morgan fingerprint density at radius 3 is 0.822 bits per heavy atom. The number of esters is 3. The van der Waals surface area contributed by atoms with Gasteiger partial charge in [0, 0.05) is 19.3 Å². The van der Waals surface area contributed by atoms with Gasteiger partial charge in [-0.2, -0.15) is 0 Å². The van der Waals surface area contributed by atoms with Gasteiger partial charge in [-0.05, 0) is 135 Å². The molecular formula is C67H110O6. The van der Waals surface area contributed by atoms with E-state index < -0.39 is 6.10 Å². The Balaban J connectivity index is 4.54. The van der Waals surface area contributed by atoms with Crippen molar-refractivity contribution in [1.29, 1.82) is 0 Å². The quantitative estimate of drug-likeness (QED) is 0.0261. The molecule has 0 saturated heterocycles. The Kier molecular flexibility index (Phi) is 56.9. The monoisotopic (exact) mass is 1010 g/mol. The van der Waals surface area contributed by atoms with Crippen molar-refractivity contribution in [1.82, 2.24) is 0 Å². The van der Waals surface area contributed by atoms with Crippen LogP contribution in [0.1, 0.15) is 265 Å². The van der Waals surface area contributed by atoms with Gasteiger partial charge in [0.05, 0.1) is 0 Å². The molecule has 0 aliphatic carbocycles. The number of ether oxygens (including phenoxy) is 3. The van der Waals surface area contributed by atoms with Crippen LogP contribution >= 0.6 is 0 Å². The van der Waals surface area contributed by atoms with E-state index in [0.29, 0.717) is 19.3 Å². The Labute approximate surface area is 450 Å². The lowest BCUT2D eigenvalue weighted by Gasteiger charge is -2.18. The zero-order valence-corrected chi connectivity index (χ0v) is 47.4. The molecule has 1 atom stereocenters. The van der Waals surface area contributed by atoms with Gasteiger partial charge in [0.25, 0.3) is 0 Å². The average molecular weight is 1010 g/mol. The lowest BCUT2D eigenvalue weighted by Crippen LogP contribution is -2.30. The van der Waals surface area contributed by atoms with Crippen molar-refractivity contribution in [2.45, 2.75) is 271 Å². The van der Waals surface area contributed by atoms with Crippen LogP contribution in [0.4, 0.5) is 0 Å². The molecule has 0 aromatic heterocycles. The number of unbranched alkanes of at least 4 members (excludes halogenated alkanes) is 22. The van der Waals surface area contributed by atoms with Gasteiger partial charge in [-0.15, -0.1) is 0 Å². The molecule has 6 heteroatoms. The van der Waals surface area contributed by atoms with E-state index in [-0.39, 0.29) is 37.5 Å². The van der Waals surface area contributed by atoms with Crippen molar-refractivity contribution in [3.05, 3.63) is 122 Å². The van der Waals surface area contributed by atoms with E-state index in [1.807, 2.05) is 0 Å². The zero-order valence-electron chi connectivity index (χ0n) is 47.4. The Bertz CT molecular complexity index is 1540. The zero-order chi connectivity index (χ0) is 52.9. The van der Waals surface area contributed by atoms with Crippen LogP contribution in [0.3, 0.4) is 0 Å². The van der Waals surface area contributed by atoms with Gasteiger partial charge in [-0.3, -0.25) is 14.4 Å². The average Bonchev–Trinajstić information content (AvgIpc) is 3.39. The van der Waals surface area contributed by atoms with Crippen LogP contribution in [0.15, 0.2) is 122 Å². The summed E-state index contributed by atoms with van der Waals surface area (Å²) in [6.45, 7) is 6.49. The Morgan fingerprint density at radius 1 is 0.274 bits per heavy atom. The Morgan fingerprint density at radius 2 is 0.507 bits per heavy atom. The summed E-state index contributed by atoms with van der Waals surface area (Å²) in [5.74, 6) is -1.01. The van der Waals surface area contributed by atoms with Crippen LogP contribution in [0.5, 0.6) is 0 Å². The van der Waals surface area contributed by atoms with Gasteiger partial charge < -0.3 is 14.2 Å². The fourth-order valence-electron chi connectivity index (χ4n) is 7.86. The number of allylic oxidation sites excluding steroid dienone is 20. The van der Waals surface area contributed by atoms with E-state index in [1.54, 1.807) is 0 Å². The van der Waals surface area contributed by atoms with Crippen molar-refractivity contribution >= 4 is 17.9 Å². The molecule has 0 saturated carbocycles. The van der Waals surface area contributed by atoms with Gasteiger partial charge >= 0.3 is 17.9 Å². The summed E-state index contributed by atoms with van der Waals surface area (Å²) >= 11 is 0. The SMILES string of the molecule is CCCCC/C=C\C/C=C\C/C=C\C/C=C\CCCCCC(=O)OC[C@H](COC(=O)CCCCCCCCCCC/C=C\C/C=C\CCCCC)OC(=O)CCC/C=C\C/C=C\C/C=C\C/C=C\CCCCC. The first-order valence-electron chi connectivity index (χ1n) is 30.0. The first-order chi connectivity index (χ1) is 36.0. The summed E-state index contributed by atoms with van der Waals surface area (Å²) in [5.41, 5.74) is 0. The van der Waals surface area contributed by atoms with E-state index >= 15 is 0 Å². The first kappa shape index (κ1) is 68.8.